The van der Waals surface area contributed by atoms with Crippen molar-refractivity contribution in [2.75, 3.05) is 7.11 Å². The Bertz CT molecular complexity index is 645. The lowest BCUT2D eigenvalue weighted by atomic mass is 10.1. The van der Waals surface area contributed by atoms with Crippen molar-refractivity contribution in [3.05, 3.63) is 71.8 Å². The Balaban J connectivity index is 2.02. The number of benzene rings is 2. The first-order valence-electron chi connectivity index (χ1n) is 7.28. The van der Waals surface area contributed by atoms with Crippen molar-refractivity contribution in [2.24, 2.45) is 0 Å². The molecule has 2 aromatic rings. The van der Waals surface area contributed by atoms with E-state index in [1.165, 1.54) is 0 Å². The molecule has 1 unspecified atom stereocenters. The van der Waals surface area contributed by atoms with Crippen LogP contribution in [0.3, 0.4) is 0 Å². The topological polar surface area (TPSA) is 38.3 Å². The third kappa shape index (κ3) is 4.22. The van der Waals surface area contributed by atoms with E-state index in [0.717, 1.165) is 22.4 Å². The second kappa shape index (κ2) is 7.46. The van der Waals surface area contributed by atoms with Gasteiger partial charge in [0.2, 0.25) is 5.91 Å². The normalized spacial score (nSPS) is 12.6. The van der Waals surface area contributed by atoms with Crippen LogP contribution in [0.1, 0.15) is 31.0 Å². The van der Waals surface area contributed by atoms with Gasteiger partial charge in [0.05, 0.1) is 13.2 Å². The number of carbonyl (C=O) groups is 1. The van der Waals surface area contributed by atoms with E-state index in [1.54, 1.807) is 13.2 Å². The van der Waals surface area contributed by atoms with E-state index < -0.39 is 0 Å². The molecule has 0 aliphatic carbocycles. The number of amides is 1. The lowest BCUT2D eigenvalue weighted by Gasteiger charge is -2.13. The minimum atomic E-state index is -0.0929. The number of ether oxygens (including phenoxy) is 1. The molecule has 114 valence electrons. The van der Waals surface area contributed by atoms with Crippen LogP contribution in [0.15, 0.2) is 60.7 Å². The van der Waals surface area contributed by atoms with E-state index >= 15 is 0 Å². The second-order valence-corrected chi connectivity index (χ2v) is 5.20. The zero-order valence-corrected chi connectivity index (χ0v) is 13.2. The van der Waals surface area contributed by atoms with Gasteiger partial charge in [0, 0.05) is 6.08 Å². The third-order valence-electron chi connectivity index (χ3n) is 3.55. The fraction of sp³-hybridized carbons (Fsp3) is 0.211. The summed E-state index contributed by atoms with van der Waals surface area (Å²) >= 11 is 0. The van der Waals surface area contributed by atoms with Crippen LogP contribution < -0.4 is 10.1 Å². The van der Waals surface area contributed by atoms with Crippen molar-refractivity contribution in [2.45, 2.75) is 19.9 Å². The van der Waals surface area contributed by atoms with Crippen molar-refractivity contribution in [1.82, 2.24) is 5.32 Å². The van der Waals surface area contributed by atoms with Gasteiger partial charge in [-0.3, -0.25) is 4.79 Å². The van der Waals surface area contributed by atoms with E-state index in [9.17, 15) is 4.79 Å². The van der Waals surface area contributed by atoms with E-state index in [-0.39, 0.29) is 11.9 Å². The molecule has 0 aromatic heterocycles. The molecule has 1 atom stereocenters. The predicted molar refractivity (Wildman–Crippen MR) is 89.6 cm³/mol. The molecule has 0 saturated carbocycles. The molecule has 2 rings (SSSR count). The maximum absolute atomic E-state index is 12.1. The minimum absolute atomic E-state index is 0.0198. The SMILES string of the molecule is COc1ccc(/C(C)=C/C(=O)NC(C)c2ccccc2)cc1. The van der Waals surface area contributed by atoms with Gasteiger partial charge in [0.1, 0.15) is 5.75 Å². The molecule has 2 aromatic carbocycles. The van der Waals surface area contributed by atoms with Gasteiger partial charge in [-0.25, -0.2) is 0 Å². The Labute approximate surface area is 131 Å². The highest BCUT2D eigenvalue weighted by Gasteiger charge is 2.08. The van der Waals surface area contributed by atoms with E-state index in [4.69, 9.17) is 4.74 Å². The van der Waals surface area contributed by atoms with Gasteiger partial charge in [0.25, 0.3) is 0 Å². The number of allylic oxidation sites excluding steroid dienone is 1. The zero-order valence-electron chi connectivity index (χ0n) is 13.2. The highest BCUT2D eigenvalue weighted by atomic mass is 16.5. The quantitative estimate of drug-likeness (QED) is 0.847. The first-order chi connectivity index (χ1) is 10.6. The van der Waals surface area contributed by atoms with E-state index in [2.05, 4.69) is 5.32 Å². The molecule has 1 amide bonds. The molecule has 3 nitrogen and oxygen atoms in total. The summed E-state index contributed by atoms with van der Waals surface area (Å²) in [6.07, 6.45) is 1.63. The zero-order chi connectivity index (χ0) is 15.9. The largest absolute Gasteiger partial charge is 0.497 e. The lowest BCUT2D eigenvalue weighted by molar-refractivity contribution is -0.117. The second-order valence-electron chi connectivity index (χ2n) is 5.20. The van der Waals surface area contributed by atoms with Crippen LogP contribution >= 0.6 is 0 Å². The maximum Gasteiger partial charge on any atom is 0.244 e. The van der Waals surface area contributed by atoms with Gasteiger partial charge in [0.15, 0.2) is 0 Å². The molecule has 0 saturated heterocycles. The van der Waals surface area contributed by atoms with Gasteiger partial charge < -0.3 is 10.1 Å². The van der Waals surface area contributed by atoms with Crippen molar-refractivity contribution in [1.29, 1.82) is 0 Å². The van der Waals surface area contributed by atoms with Crippen molar-refractivity contribution >= 4 is 11.5 Å². The standard InChI is InChI=1S/C19H21NO2/c1-14(16-9-11-18(22-3)12-10-16)13-19(21)20-15(2)17-7-5-4-6-8-17/h4-13,15H,1-3H3,(H,20,21)/b14-13+. The summed E-state index contributed by atoms with van der Waals surface area (Å²) < 4.78 is 5.13. The van der Waals surface area contributed by atoms with Gasteiger partial charge in [-0.2, -0.15) is 0 Å². The molecule has 0 radical (unpaired) electrons. The van der Waals surface area contributed by atoms with Crippen molar-refractivity contribution in [3.8, 4) is 5.75 Å². The third-order valence-corrected chi connectivity index (χ3v) is 3.55. The molecule has 22 heavy (non-hydrogen) atoms. The van der Waals surface area contributed by atoms with E-state index in [0.29, 0.717) is 0 Å². The predicted octanol–water partition coefficient (Wildman–Crippen LogP) is 3.98. The van der Waals surface area contributed by atoms with Crippen LogP contribution in [0.25, 0.3) is 5.57 Å². The lowest BCUT2D eigenvalue weighted by Crippen LogP contribution is -2.24. The molecule has 0 fully saturated rings. The van der Waals surface area contributed by atoms with Crippen molar-refractivity contribution < 1.29 is 9.53 Å². The van der Waals surface area contributed by atoms with Gasteiger partial charge >= 0.3 is 0 Å². The summed E-state index contributed by atoms with van der Waals surface area (Å²) in [5.41, 5.74) is 3.01. The molecule has 0 heterocycles. The van der Waals surface area contributed by atoms with Crippen LogP contribution in [-0.4, -0.2) is 13.0 Å². The highest BCUT2D eigenvalue weighted by Crippen LogP contribution is 2.18. The molecular weight excluding hydrogens is 274 g/mol. The molecule has 0 aliphatic heterocycles. The van der Waals surface area contributed by atoms with E-state index in [1.807, 2.05) is 68.4 Å². The maximum atomic E-state index is 12.1. The van der Waals surface area contributed by atoms with Gasteiger partial charge in [-0.1, -0.05) is 42.5 Å². The molecule has 0 aliphatic rings. The number of methoxy groups -OCH3 is 1. The van der Waals surface area contributed by atoms with Crippen LogP contribution in [0.5, 0.6) is 5.75 Å². The van der Waals surface area contributed by atoms with Crippen LogP contribution in [0.4, 0.5) is 0 Å². The summed E-state index contributed by atoms with van der Waals surface area (Å²) in [6, 6.07) is 17.5. The minimum Gasteiger partial charge on any atom is -0.497 e. The van der Waals surface area contributed by atoms with Crippen molar-refractivity contribution in [3.63, 3.8) is 0 Å². The summed E-state index contributed by atoms with van der Waals surface area (Å²) in [7, 11) is 1.64. The Morgan fingerprint density at radius 3 is 2.32 bits per heavy atom. The van der Waals surface area contributed by atoms with Crippen LogP contribution in [-0.2, 0) is 4.79 Å². The summed E-state index contributed by atoms with van der Waals surface area (Å²) in [5.74, 6) is 0.711. The molecule has 0 spiro atoms. The monoisotopic (exact) mass is 295 g/mol. The van der Waals surface area contributed by atoms with Crippen LogP contribution in [0.2, 0.25) is 0 Å². The first-order valence-corrected chi connectivity index (χ1v) is 7.28. The van der Waals surface area contributed by atoms with Crippen LogP contribution in [0, 0.1) is 0 Å². The smallest absolute Gasteiger partial charge is 0.244 e. The number of hydrogen-bond donors (Lipinski definition) is 1. The van der Waals surface area contributed by atoms with Gasteiger partial charge in [-0.15, -0.1) is 0 Å². The molecule has 0 bridgehead atoms. The fourth-order valence-electron chi connectivity index (χ4n) is 2.21. The molecule has 3 heteroatoms. The Hall–Kier alpha value is -2.55. The summed E-state index contributed by atoms with van der Waals surface area (Å²) in [4.78, 5) is 12.1. The Morgan fingerprint density at radius 1 is 1.09 bits per heavy atom. The molecular formula is C19H21NO2. The highest BCUT2D eigenvalue weighted by molar-refractivity contribution is 5.95. The summed E-state index contributed by atoms with van der Waals surface area (Å²) in [5, 5.41) is 2.98. The number of nitrogens with one attached hydrogen (secondary N) is 1. The number of hydrogen-bond acceptors (Lipinski definition) is 2. The average Bonchev–Trinajstić information content (AvgIpc) is 2.55. The van der Waals surface area contributed by atoms with Gasteiger partial charge in [-0.05, 0) is 42.7 Å². The fourth-order valence-corrected chi connectivity index (χ4v) is 2.21. The summed E-state index contributed by atoms with van der Waals surface area (Å²) in [6.45, 7) is 3.90. The average molecular weight is 295 g/mol. The number of rotatable bonds is 5. The molecule has 1 N–H and O–H groups in total. The number of carbonyl (C=O) groups excluding carboxylic acids is 1. The first kappa shape index (κ1) is 15.8. The Kier molecular flexibility index (Phi) is 5.37. The Morgan fingerprint density at radius 2 is 1.73 bits per heavy atom.